The maximum atomic E-state index is 11.9. The van der Waals surface area contributed by atoms with E-state index in [-0.39, 0.29) is 17.6 Å². The van der Waals surface area contributed by atoms with Gasteiger partial charge in [-0.25, -0.2) is 4.98 Å². The van der Waals surface area contributed by atoms with E-state index in [0.29, 0.717) is 5.82 Å². The molecule has 1 aromatic rings. The summed E-state index contributed by atoms with van der Waals surface area (Å²) in [6.07, 6.45) is 4.35. The highest BCUT2D eigenvalue weighted by molar-refractivity contribution is 5.31. The summed E-state index contributed by atoms with van der Waals surface area (Å²) < 4.78 is 1.68. The molecule has 1 N–H and O–H groups in total. The van der Waals surface area contributed by atoms with Crippen LogP contribution in [0.15, 0.2) is 17.2 Å². The van der Waals surface area contributed by atoms with Gasteiger partial charge >= 0.3 is 0 Å². The number of rotatable bonds is 4. The van der Waals surface area contributed by atoms with Crippen molar-refractivity contribution in [3.05, 3.63) is 22.7 Å². The van der Waals surface area contributed by atoms with Crippen LogP contribution < -0.4 is 10.9 Å². The predicted octanol–water partition coefficient (Wildman–Crippen LogP) is 2.03. The lowest BCUT2D eigenvalue weighted by atomic mass is 10.2. The zero-order valence-electron chi connectivity index (χ0n) is 9.82. The summed E-state index contributed by atoms with van der Waals surface area (Å²) in [6, 6.07) is 0.436. The van der Waals surface area contributed by atoms with Gasteiger partial charge in [0.25, 0.3) is 5.56 Å². The summed E-state index contributed by atoms with van der Waals surface area (Å²) in [7, 11) is 0. The Bertz CT molecular complexity index is 370. The Kier molecular flexibility index (Phi) is 3.88. The first-order valence-electron chi connectivity index (χ1n) is 5.40. The standard InChI is InChI=1S/C11H19N3O/c1-5-9(4)13-10-11(15)14(8(2)3)7-6-12-10/h6-9H,5H2,1-4H3,(H,12,13). The van der Waals surface area contributed by atoms with Crippen molar-refractivity contribution >= 4 is 5.82 Å². The van der Waals surface area contributed by atoms with Gasteiger partial charge in [0.05, 0.1) is 0 Å². The van der Waals surface area contributed by atoms with Gasteiger partial charge in [-0.2, -0.15) is 0 Å². The molecule has 84 valence electrons. The first-order valence-corrected chi connectivity index (χ1v) is 5.40. The van der Waals surface area contributed by atoms with E-state index in [2.05, 4.69) is 17.2 Å². The minimum atomic E-state index is -0.0483. The fourth-order valence-corrected chi connectivity index (χ4v) is 1.27. The van der Waals surface area contributed by atoms with Crippen LogP contribution in [0.2, 0.25) is 0 Å². The molecule has 0 saturated carbocycles. The Morgan fingerprint density at radius 3 is 2.67 bits per heavy atom. The number of hydrogen-bond donors (Lipinski definition) is 1. The van der Waals surface area contributed by atoms with Crippen LogP contribution in [0.25, 0.3) is 0 Å². The van der Waals surface area contributed by atoms with Crippen LogP contribution in [0.4, 0.5) is 5.82 Å². The van der Waals surface area contributed by atoms with E-state index >= 15 is 0 Å². The molecule has 0 aromatic carbocycles. The Labute approximate surface area is 90.3 Å². The minimum Gasteiger partial charge on any atom is -0.363 e. The number of anilines is 1. The Balaban J connectivity index is 3.00. The molecule has 1 rings (SSSR count). The molecule has 0 spiro atoms. The smallest absolute Gasteiger partial charge is 0.293 e. The first kappa shape index (κ1) is 11.8. The van der Waals surface area contributed by atoms with Crippen LogP contribution in [-0.4, -0.2) is 15.6 Å². The lowest BCUT2D eigenvalue weighted by Crippen LogP contribution is -2.28. The van der Waals surface area contributed by atoms with Gasteiger partial charge in [-0.15, -0.1) is 0 Å². The van der Waals surface area contributed by atoms with E-state index in [9.17, 15) is 4.79 Å². The molecule has 0 radical (unpaired) electrons. The summed E-state index contributed by atoms with van der Waals surface area (Å²) in [5.74, 6) is 0.445. The summed E-state index contributed by atoms with van der Waals surface area (Å²) in [5, 5.41) is 3.11. The highest BCUT2D eigenvalue weighted by Gasteiger charge is 2.08. The van der Waals surface area contributed by atoms with E-state index in [0.717, 1.165) is 6.42 Å². The third kappa shape index (κ3) is 2.81. The number of hydrogen-bond acceptors (Lipinski definition) is 3. The maximum Gasteiger partial charge on any atom is 0.293 e. The third-order valence-electron chi connectivity index (χ3n) is 2.42. The molecule has 0 aliphatic carbocycles. The van der Waals surface area contributed by atoms with Gasteiger partial charge < -0.3 is 9.88 Å². The van der Waals surface area contributed by atoms with E-state index in [1.807, 2.05) is 20.8 Å². The molecule has 4 nitrogen and oxygen atoms in total. The summed E-state index contributed by atoms with van der Waals surface area (Å²) in [5.41, 5.74) is -0.0483. The molecule has 0 fully saturated rings. The maximum absolute atomic E-state index is 11.9. The first-order chi connectivity index (χ1) is 7.06. The molecular formula is C11H19N3O. The molecule has 0 amide bonds. The van der Waals surface area contributed by atoms with Gasteiger partial charge in [0.1, 0.15) is 0 Å². The van der Waals surface area contributed by atoms with Crippen molar-refractivity contribution in [2.75, 3.05) is 5.32 Å². The molecular weight excluding hydrogens is 190 g/mol. The van der Waals surface area contributed by atoms with E-state index in [1.165, 1.54) is 0 Å². The molecule has 0 aliphatic heterocycles. The minimum absolute atomic E-state index is 0.0483. The lowest BCUT2D eigenvalue weighted by molar-refractivity contribution is 0.573. The monoisotopic (exact) mass is 209 g/mol. The zero-order valence-corrected chi connectivity index (χ0v) is 9.82. The molecule has 15 heavy (non-hydrogen) atoms. The van der Waals surface area contributed by atoms with Crippen LogP contribution in [-0.2, 0) is 0 Å². The Morgan fingerprint density at radius 2 is 2.13 bits per heavy atom. The van der Waals surface area contributed by atoms with Crippen molar-refractivity contribution in [3.63, 3.8) is 0 Å². The molecule has 0 saturated heterocycles. The van der Waals surface area contributed by atoms with Crippen LogP contribution in [0.1, 0.15) is 40.2 Å². The normalized spacial score (nSPS) is 12.9. The van der Waals surface area contributed by atoms with Crippen molar-refractivity contribution in [2.45, 2.75) is 46.2 Å². The van der Waals surface area contributed by atoms with Gasteiger partial charge in [-0.1, -0.05) is 6.92 Å². The summed E-state index contributed by atoms with van der Waals surface area (Å²) in [6.45, 7) is 8.07. The highest BCUT2D eigenvalue weighted by atomic mass is 16.1. The number of aromatic nitrogens is 2. The lowest BCUT2D eigenvalue weighted by Gasteiger charge is -2.14. The van der Waals surface area contributed by atoms with Crippen molar-refractivity contribution in [2.24, 2.45) is 0 Å². The summed E-state index contributed by atoms with van der Waals surface area (Å²) >= 11 is 0. The molecule has 1 unspecified atom stereocenters. The average Bonchev–Trinajstić information content (AvgIpc) is 2.20. The fourth-order valence-electron chi connectivity index (χ4n) is 1.27. The second-order valence-electron chi connectivity index (χ2n) is 4.04. The summed E-state index contributed by atoms with van der Waals surface area (Å²) in [4.78, 5) is 16.0. The van der Waals surface area contributed by atoms with Gasteiger partial charge in [-0.3, -0.25) is 4.79 Å². The molecule has 0 aliphatic rings. The largest absolute Gasteiger partial charge is 0.363 e. The van der Waals surface area contributed by atoms with Gasteiger partial charge in [0.15, 0.2) is 5.82 Å². The van der Waals surface area contributed by atoms with Crippen LogP contribution in [0, 0.1) is 0 Å². The van der Waals surface area contributed by atoms with E-state index in [4.69, 9.17) is 0 Å². The number of nitrogens with zero attached hydrogens (tertiary/aromatic N) is 2. The molecule has 0 bridgehead atoms. The predicted molar refractivity (Wildman–Crippen MR) is 62.3 cm³/mol. The topological polar surface area (TPSA) is 46.9 Å². The molecule has 1 heterocycles. The van der Waals surface area contributed by atoms with Crippen LogP contribution in [0.3, 0.4) is 0 Å². The van der Waals surface area contributed by atoms with E-state index in [1.54, 1.807) is 17.0 Å². The SMILES string of the molecule is CCC(C)Nc1nccn(C(C)C)c1=O. The second kappa shape index (κ2) is 4.96. The zero-order chi connectivity index (χ0) is 11.4. The van der Waals surface area contributed by atoms with Gasteiger partial charge in [0.2, 0.25) is 0 Å². The quantitative estimate of drug-likeness (QED) is 0.825. The van der Waals surface area contributed by atoms with Crippen molar-refractivity contribution in [3.8, 4) is 0 Å². The van der Waals surface area contributed by atoms with Crippen molar-refractivity contribution in [1.29, 1.82) is 0 Å². The molecule has 1 atom stereocenters. The molecule has 1 aromatic heterocycles. The fraction of sp³-hybridized carbons (Fsp3) is 0.636. The third-order valence-corrected chi connectivity index (χ3v) is 2.42. The van der Waals surface area contributed by atoms with Gasteiger partial charge in [-0.05, 0) is 27.2 Å². The van der Waals surface area contributed by atoms with Gasteiger partial charge in [0, 0.05) is 24.5 Å². The average molecular weight is 209 g/mol. The van der Waals surface area contributed by atoms with E-state index < -0.39 is 0 Å². The molecule has 4 heteroatoms. The highest BCUT2D eigenvalue weighted by Crippen LogP contribution is 2.03. The number of nitrogens with one attached hydrogen (secondary N) is 1. The Hall–Kier alpha value is -1.32. The Morgan fingerprint density at radius 1 is 1.47 bits per heavy atom. The van der Waals surface area contributed by atoms with Crippen LogP contribution >= 0.6 is 0 Å². The second-order valence-corrected chi connectivity index (χ2v) is 4.04. The van der Waals surface area contributed by atoms with Crippen molar-refractivity contribution in [1.82, 2.24) is 9.55 Å². The van der Waals surface area contributed by atoms with Crippen molar-refractivity contribution < 1.29 is 0 Å². The van der Waals surface area contributed by atoms with Crippen LogP contribution in [0.5, 0.6) is 0 Å².